The Kier molecular flexibility index (Phi) is 3.89. The fraction of sp³-hybridized carbons (Fsp3) is 1.00. The second-order valence-electron chi connectivity index (χ2n) is 1.26. The second-order valence-corrected chi connectivity index (χ2v) is 1.26. The molecular weight excluding hydrogens is 102 g/mol. The summed E-state index contributed by atoms with van der Waals surface area (Å²) in [5.74, 6) is 0. The highest BCUT2D eigenvalue weighted by Gasteiger charge is 1.94. The minimum atomic E-state index is -1.06. The van der Waals surface area contributed by atoms with Crippen molar-refractivity contribution in [2.24, 2.45) is 0 Å². The van der Waals surface area contributed by atoms with Crippen LogP contribution in [-0.4, -0.2) is 19.6 Å². The van der Waals surface area contributed by atoms with Crippen molar-refractivity contribution in [3.63, 3.8) is 0 Å². The van der Waals surface area contributed by atoms with Crippen LogP contribution in [0, 0.1) is 0 Å². The Morgan fingerprint density at radius 3 is 2.43 bits per heavy atom. The Labute approximate surface area is 41.3 Å². The van der Waals surface area contributed by atoms with Crippen LogP contribution in [0.1, 0.15) is 6.92 Å². The van der Waals surface area contributed by atoms with E-state index in [1.54, 1.807) is 0 Å². The molecule has 0 bridgehead atoms. The summed E-state index contributed by atoms with van der Waals surface area (Å²) in [6.45, 7) is 0.278. The lowest BCUT2D eigenvalue weighted by atomic mass is 10.5. The van der Waals surface area contributed by atoms with Gasteiger partial charge in [0, 0.05) is 0 Å². The molecule has 0 amide bonds. The molecule has 1 atom stereocenters. The summed E-state index contributed by atoms with van der Waals surface area (Å²) in [5, 5.41) is 0. The largest absolute Gasteiger partial charge is 0.347 e. The van der Waals surface area contributed by atoms with Crippen molar-refractivity contribution in [3.05, 3.63) is 0 Å². The molecule has 7 heavy (non-hydrogen) atoms. The molecule has 0 fully saturated rings. The van der Waals surface area contributed by atoms with Gasteiger partial charge in [0.1, 0.15) is 6.17 Å². The monoisotopic (exact) mass is 110 g/mol. The fourth-order valence-corrected chi connectivity index (χ4v) is 0.207. The maximum absolute atomic E-state index is 11.6. The van der Waals surface area contributed by atoms with Crippen molar-refractivity contribution in [3.8, 4) is 0 Å². The quantitative estimate of drug-likeness (QED) is 0.531. The van der Waals surface area contributed by atoms with E-state index in [2.05, 4.69) is 4.74 Å². The van der Waals surface area contributed by atoms with E-state index >= 15 is 0 Å². The van der Waals surface area contributed by atoms with E-state index in [4.69, 9.17) is 0 Å². The van der Waals surface area contributed by atoms with E-state index in [1.807, 2.05) is 0 Å². The number of alkyl halides is 2. The van der Waals surface area contributed by atoms with Crippen LogP contribution in [-0.2, 0) is 4.74 Å². The Bertz CT molecular complexity index is 38.7. The molecule has 44 valence electrons. The SMILES string of the molecule is CC(F)COCF. The van der Waals surface area contributed by atoms with Gasteiger partial charge in [-0.25, -0.2) is 8.78 Å². The van der Waals surface area contributed by atoms with Crippen molar-refractivity contribution in [2.45, 2.75) is 13.1 Å². The predicted molar refractivity (Wildman–Crippen MR) is 22.5 cm³/mol. The molecule has 0 saturated carbocycles. The zero-order chi connectivity index (χ0) is 5.70. The van der Waals surface area contributed by atoms with Crippen LogP contribution >= 0.6 is 0 Å². The van der Waals surface area contributed by atoms with E-state index < -0.39 is 13.0 Å². The first-order valence-corrected chi connectivity index (χ1v) is 2.05. The van der Waals surface area contributed by atoms with Crippen molar-refractivity contribution in [1.82, 2.24) is 0 Å². The van der Waals surface area contributed by atoms with Crippen molar-refractivity contribution in [1.29, 1.82) is 0 Å². The van der Waals surface area contributed by atoms with Crippen LogP contribution in [0.3, 0.4) is 0 Å². The Hall–Kier alpha value is -0.180. The van der Waals surface area contributed by atoms with Gasteiger partial charge in [-0.1, -0.05) is 0 Å². The maximum Gasteiger partial charge on any atom is 0.188 e. The fourth-order valence-electron chi connectivity index (χ4n) is 0.207. The van der Waals surface area contributed by atoms with Gasteiger partial charge in [0.15, 0.2) is 6.86 Å². The van der Waals surface area contributed by atoms with Gasteiger partial charge < -0.3 is 4.74 Å². The lowest BCUT2D eigenvalue weighted by molar-refractivity contribution is 0.0288. The third-order valence-electron chi connectivity index (χ3n) is 0.425. The lowest BCUT2D eigenvalue weighted by Crippen LogP contribution is -2.03. The van der Waals surface area contributed by atoms with E-state index in [0.717, 1.165) is 0 Å². The lowest BCUT2D eigenvalue weighted by Gasteiger charge is -1.96. The third-order valence-corrected chi connectivity index (χ3v) is 0.425. The summed E-state index contributed by atoms with van der Waals surface area (Å²) in [4.78, 5) is 0. The molecule has 3 heteroatoms. The number of rotatable bonds is 3. The Morgan fingerprint density at radius 1 is 1.71 bits per heavy atom. The smallest absolute Gasteiger partial charge is 0.188 e. The van der Waals surface area contributed by atoms with Gasteiger partial charge in [-0.3, -0.25) is 0 Å². The molecule has 0 aromatic rings. The standard InChI is InChI=1S/C4H8F2O/c1-4(6)2-7-3-5/h4H,2-3H2,1H3. The molecule has 0 saturated heterocycles. The van der Waals surface area contributed by atoms with E-state index in [0.29, 0.717) is 0 Å². The minimum Gasteiger partial charge on any atom is -0.347 e. The summed E-state index contributed by atoms with van der Waals surface area (Å²) in [6, 6.07) is 0. The van der Waals surface area contributed by atoms with E-state index in [9.17, 15) is 8.78 Å². The highest BCUT2D eigenvalue weighted by atomic mass is 19.1. The molecule has 0 aliphatic rings. The van der Waals surface area contributed by atoms with Crippen LogP contribution < -0.4 is 0 Å². The maximum atomic E-state index is 11.6. The molecule has 0 aromatic carbocycles. The van der Waals surface area contributed by atoms with Crippen LogP contribution in [0.2, 0.25) is 0 Å². The van der Waals surface area contributed by atoms with Crippen LogP contribution in [0.15, 0.2) is 0 Å². The van der Waals surface area contributed by atoms with Crippen LogP contribution in [0.25, 0.3) is 0 Å². The molecular formula is C4H8F2O. The first-order chi connectivity index (χ1) is 3.27. The highest BCUT2D eigenvalue weighted by molar-refractivity contribution is 4.38. The Morgan fingerprint density at radius 2 is 2.29 bits per heavy atom. The molecule has 0 aromatic heterocycles. The summed E-state index contributed by atoms with van der Waals surface area (Å²) in [7, 11) is 0. The van der Waals surface area contributed by atoms with Crippen molar-refractivity contribution < 1.29 is 13.5 Å². The number of halogens is 2. The first-order valence-electron chi connectivity index (χ1n) is 2.05. The molecule has 1 unspecified atom stereocenters. The average molecular weight is 110 g/mol. The zero-order valence-electron chi connectivity index (χ0n) is 4.16. The summed E-state index contributed by atoms with van der Waals surface area (Å²) in [6.07, 6.45) is -1.06. The minimum absolute atomic E-state index is 0.142. The molecule has 0 radical (unpaired) electrons. The number of hydrogen-bond donors (Lipinski definition) is 0. The summed E-state index contributed by atoms with van der Waals surface area (Å²) < 4.78 is 26.6. The van der Waals surface area contributed by atoms with Gasteiger partial charge in [0.25, 0.3) is 0 Å². The number of hydrogen-bond acceptors (Lipinski definition) is 1. The van der Waals surface area contributed by atoms with Gasteiger partial charge in [-0.05, 0) is 6.92 Å². The predicted octanol–water partition coefficient (Wildman–Crippen LogP) is 1.29. The number of ether oxygens (including phenoxy) is 1. The normalized spacial score (nSPS) is 14.1. The van der Waals surface area contributed by atoms with Gasteiger partial charge >= 0.3 is 0 Å². The summed E-state index contributed by atoms with van der Waals surface area (Å²) >= 11 is 0. The van der Waals surface area contributed by atoms with Crippen molar-refractivity contribution >= 4 is 0 Å². The molecule has 0 aliphatic carbocycles. The highest BCUT2D eigenvalue weighted by Crippen LogP contribution is 1.87. The molecule has 0 heterocycles. The van der Waals surface area contributed by atoms with Crippen molar-refractivity contribution in [2.75, 3.05) is 13.5 Å². The second kappa shape index (κ2) is 3.99. The average Bonchev–Trinajstić information content (AvgIpc) is 1.61. The van der Waals surface area contributed by atoms with Crippen LogP contribution in [0.4, 0.5) is 8.78 Å². The van der Waals surface area contributed by atoms with Gasteiger partial charge in [0.2, 0.25) is 0 Å². The molecule has 0 aliphatic heterocycles. The Balaban J connectivity index is 2.68. The molecule has 0 rings (SSSR count). The van der Waals surface area contributed by atoms with Gasteiger partial charge in [0.05, 0.1) is 6.61 Å². The summed E-state index contributed by atoms with van der Waals surface area (Å²) in [5.41, 5.74) is 0. The first kappa shape index (κ1) is 6.82. The van der Waals surface area contributed by atoms with Gasteiger partial charge in [-0.2, -0.15) is 0 Å². The molecule has 0 N–H and O–H groups in total. The van der Waals surface area contributed by atoms with E-state index in [1.165, 1.54) is 6.92 Å². The topological polar surface area (TPSA) is 9.23 Å². The third kappa shape index (κ3) is 5.82. The zero-order valence-corrected chi connectivity index (χ0v) is 4.16. The van der Waals surface area contributed by atoms with Crippen LogP contribution in [0.5, 0.6) is 0 Å². The van der Waals surface area contributed by atoms with E-state index in [-0.39, 0.29) is 6.61 Å². The van der Waals surface area contributed by atoms with Gasteiger partial charge in [-0.15, -0.1) is 0 Å². The molecule has 0 spiro atoms. The molecule has 1 nitrogen and oxygen atoms in total.